The molecule has 2 aromatic carbocycles. The number of nitrogens with one attached hydrogen (secondary N) is 1. The normalized spacial score (nSPS) is 11.2. The fraction of sp³-hybridized carbons (Fsp3) is 0.143. The van der Waals surface area contributed by atoms with Crippen molar-refractivity contribution < 1.29 is 0 Å². The standard InChI is InChI=1S/C21H17ClN2OS/c1-12-6-7-15(8-13(12)2)17-11-26-21-19(17)20(25)23-18(24-21)10-14-4-3-5-16(22)9-14/h3-9,11H,10H2,1-2H3,(H,23,24,25). The molecule has 4 aromatic rings. The van der Waals surface area contributed by atoms with E-state index in [1.807, 2.05) is 29.6 Å². The Balaban J connectivity index is 1.78. The highest BCUT2D eigenvalue weighted by molar-refractivity contribution is 7.17. The smallest absolute Gasteiger partial charge is 0.260 e. The van der Waals surface area contributed by atoms with Crippen LogP contribution in [0.5, 0.6) is 0 Å². The fourth-order valence-electron chi connectivity index (χ4n) is 3.04. The molecule has 0 aliphatic heterocycles. The predicted molar refractivity (Wildman–Crippen MR) is 109 cm³/mol. The summed E-state index contributed by atoms with van der Waals surface area (Å²) in [6, 6.07) is 13.9. The van der Waals surface area contributed by atoms with Gasteiger partial charge in [-0.2, -0.15) is 0 Å². The Hall–Kier alpha value is -2.43. The molecule has 2 heterocycles. The second-order valence-electron chi connectivity index (χ2n) is 6.45. The van der Waals surface area contributed by atoms with E-state index in [2.05, 4.69) is 42.0 Å². The number of thiophene rings is 1. The number of fused-ring (bicyclic) bond motifs is 1. The molecule has 0 radical (unpaired) electrons. The van der Waals surface area contributed by atoms with Crippen molar-refractivity contribution in [2.45, 2.75) is 20.3 Å². The zero-order valence-corrected chi connectivity index (χ0v) is 16.0. The van der Waals surface area contributed by atoms with Gasteiger partial charge in [-0.3, -0.25) is 4.79 Å². The molecule has 0 amide bonds. The number of hydrogen-bond acceptors (Lipinski definition) is 3. The van der Waals surface area contributed by atoms with Gasteiger partial charge in [-0.25, -0.2) is 4.98 Å². The lowest BCUT2D eigenvalue weighted by molar-refractivity contribution is 0.977. The zero-order chi connectivity index (χ0) is 18.3. The summed E-state index contributed by atoms with van der Waals surface area (Å²) in [5.74, 6) is 0.651. The first-order valence-corrected chi connectivity index (χ1v) is 9.59. The van der Waals surface area contributed by atoms with Gasteiger partial charge in [0.2, 0.25) is 0 Å². The Morgan fingerprint density at radius 1 is 1.12 bits per heavy atom. The van der Waals surface area contributed by atoms with Gasteiger partial charge in [-0.05, 0) is 48.2 Å². The van der Waals surface area contributed by atoms with Crippen LogP contribution in [-0.2, 0) is 6.42 Å². The summed E-state index contributed by atoms with van der Waals surface area (Å²) in [6.07, 6.45) is 0.544. The van der Waals surface area contributed by atoms with Crippen molar-refractivity contribution in [2.24, 2.45) is 0 Å². The van der Waals surface area contributed by atoms with Crippen LogP contribution < -0.4 is 5.56 Å². The third-order valence-electron chi connectivity index (χ3n) is 4.57. The molecule has 0 fully saturated rings. The van der Waals surface area contributed by atoms with Crippen LogP contribution in [0.25, 0.3) is 21.3 Å². The molecule has 0 bridgehead atoms. The van der Waals surface area contributed by atoms with Crippen LogP contribution in [0.1, 0.15) is 22.5 Å². The summed E-state index contributed by atoms with van der Waals surface area (Å²) in [5.41, 5.74) is 5.37. The SMILES string of the molecule is Cc1ccc(-c2csc3nc(Cc4cccc(Cl)c4)[nH]c(=O)c23)cc1C. The van der Waals surface area contributed by atoms with Gasteiger partial charge < -0.3 is 4.98 Å². The predicted octanol–water partition coefficient (Wildman–Crippen LogP) is 5.51. The highest BCUT2D eigenvalue weighted by atomic mass is 35.5. The summed E-state index contributed by atoms with van der Waals surface area (Å²) in [5, 5.41) is 3.35. The van der Waals surface area contributed by atoms with Crippen LogP contribution in [0.2, 0.25) is 5.02 Å². The van der Waals surface area contributed by atoms with Crippen molar-refractivity contribution >= 4 is 33.2 Å². The summed E-state index contributed by atoms with van der Waals surface area (Å²) >= 11 is 7.55. The highest BCUT2D eigenvalue weighted by Gasteiger charge is 2.13. The average Bonchev–Trinajstić information content (AvgIpc) is 3.02. The summed E-state index contributed by atoms with van der Waals surface area (Å²) in [7, 11) is 0. The molecule has 0 spiro atoms. The van der Waals surface area contributed by atoms with E-state index in [1.165, 1.54) is 22.5 Å². The van der Waals surface area contributed by atoms with E-state index >= 15 is 0 Å². The van der Waals surface area contributed by atoms with Gasteiger partial charge in [0, 0.05) is 22.4 Å². The maximum atomic E-state index is 12.7. The minimum Gasteiger partial charge on any atom is -0.310 e. The minimum atomic E-state index is -0.0958. The first-order chi connectivity index (χ1) is 12.5. The van der Waals surface area contributed by atoms with Crippen LogP contribution in [0, 0.1) is 13.8 Å². The first-order valence-electron chi connectivity index (χ1n) is 8.34. The van der Waals surface area contributed by atoms with Crippen molar-refractivity contribution in [2.75, 3.05) is 0 Å². The Bertz CT molecular complexity index is 1180. The number of rotatable bonds is 3. The lowest BCUT2D eigenvalue weighted by atomic mass is 10.0. The third kappa shape index (κ3) is 3.18. The highest BCUT2D eigenvalue weighted by Crippen LogP contribution is 2.31. The fourth-order valence-corrected chi connectivity index (χ4v) is 4.22. The Kier molecular flexibility index (Phi) is 4.39. The largest absolute Gasteiger partial charge is 0.310 e. The molecule has 5 heteroatoms. The van der Waals surface area contributed by atoms with E-state index in [0.29, 0.717) is 22.7 Å². The maximum Gasteiger partial charge on any atom is 0.260 e. The molecule has 0 atom stereocenters. The van der Waals surface area contributed by atoms with Crippen molar-refractivity contribution in [1.82, 2.24) is 9.97 Å². The Morgan fingerprint density at radius 3 is 2.73 bits per heavy atom. The second-order valence-corrected chi connectivity index (χ2v) is 7.74. The molecule has 130 valence electrons. The van der Waals surface area contributed by atoms with Gasteiger partial charge in [0.15, 0.2) is 0 Å². The molecule has 3 nitrogen and oxygen atoms in total. The van der Waals surface area contributed by atoms with Crippen LogP contribution in [-0.4, -0.2) is 9.97 Å². The second kappa shape index (κ2) is 6.71. The molecular weight excluding hydrogens is 364 g/mol. The van der Waals surface area contributed by atoms with E-state index in [-0.39, 0.29) is 5.56 Å². The van der Waals surface area contributed by atoms with Crippen molar-refractivity contribution in [3.8, 4) is 11.1 Å². The molecule has 26 heavy (non-hydrogen) atoms. The first kappa shape index (κ1) is 17.0. The summed E-state index contributed by atoms with van der Waals surface area (Å²) in [4.78, 5) is 21.1. The Morgan fingerprint density at radius 2 is 1.96 bits per heavy atom. The lowest BCUT2D eigenvalue weighted by Gasteiger charge is -2.05. The van der Waals surface area contributed by atoms with Crippen LogP contribution in [0.3, 0.4) is 0 Å². The van der Waals surface area contributed by atoms with Gasteiger partial charge in [0.05, 0.1) is 5.39 Å². The number of aromatic amines is 1. The maximum absolute atomic E-state index is 12.7. The molecule has 0 unspecified atom stereocenters. The van der Waals surface area contributed by atoms with Crippen molar-refractivity contribution in [3.63, 3.8) is 0 Å². The quantitative estimate of drug-likeness (QED) is 0.509. The number of hydrogen-bond donors (Lipinski definition) is 1. The average molecular weight is 381 g/mol. The van der Waals surface area contributed by atoms with Crippen LogP contribution in [0.15, 0.2) is 52.6 Å². The number of aromatic nitrogens is 2. The van der Waals surface area contributed by atoms with E-state index in [0.717, 1.165) is 21.5 Å². The zero-order valence-electron chi connectivity index (χ0n) is 14.5. The molecule has 0 saturated heterocycles. The number of H-pyrrole nitrogens is 1. The van der Waals surface area contributed by atoms with Gasteiger partial charge in [-0.1, -0.05) is 41.9 Å². The molecule has 2 aromatic heterocycles. The van der Waals surface area contributed by atoms with E-state index < -0.39 is 0 Å². The number of benzene rings is 2. The summed E-state index contributed by atoms with van der Waals surface area (Å²) in [6.45, 7) is 4.17. The number of nitrogens with zero attached hydrogens (tertiary/aromatic N) is 1. The molecule has 0 aliphatic rings. The van der Waals surface area contributed by atoms with Crippen molar-refractivity contribution in [1.29, 1.82) is 0 Å². The number of halogens is 1. The van der Waals surface area contributed by atoms with E-state index in [9.17, 15) is 4.79 Å². The van der Waals surface area contributed by atoms with Crippen molar-refractivity contribution in [3.05, 3.63) is 85.7 Å². The number of aryl methyl sites for hydroxylation is 2. The van der Waals surface area contributed by atoms with Gasteiger partial charge in [0.25, 0.3) is 5.56 Å². The minimum absolute atomic E-state index is 0.0958. The van der Waals surface area contributed by atoms with Crippen LogP contribution in [0.4, 0.5) is 0 Å². The van der Waals surface area contributed by atoms with Crippen LogP contribution >= 0.6 is 22.9 Å². The molecule has 1 N–H and O–H groups in total. The molecule has 0 aliphatic carbocycles. The Labute approximate surface area is 160 Å². The lowest BCUT2D eigenvalue weighted by Crippen LogP contribution is -2.11. The summed E-state index contributed by atoms with van der Waals surface area (Å²) < 4.78 is 0. The van der Waals surface area contributed by atoms with Gasteiger partial charge in [0.1, 0.15) is 10.7 Å². The van der Waals surface area contributed by atoms with E-state index in [1.54, 1.807) is 0 Å². The van der Waals surface area contributed by atoms with Gasteiger partial charge in [-0.15, -0.1) is 11.3 Å². The van der Waals surface area contributed by atoms with E-state index in [4.69, 9.17) is 11.6 Å². The monoisotopic (exact) mass is 380 g/mol. The van der Waals surface area contributed by atoms with Gasteiger partial charge >= 0.3 is 0 Å². The molecule has 4 rings (SSSR count). The topological polar surface area (TPSA) is 45.8 Å². The molecular formula is C21H17ClN2OS. The molecule has 0 saturated carbocycles. The third-order valence-corrected chi connectivity index (χ3v) is 5.68.